The van der Waals surface area contributed by atoms with Crippen LogP contribution in [0.25, 0.3) is 0 Å². The lowest BCUT2D eigenvalue weighted by atomic mass is 10.0. The summed E-state index contributed by atoms with van der Waals surface area (Å²) in [5.74, 6) is -0.253. The van der Waals surface area contributed by atoms with Crippen LogP contribution in [0.15, 0.2) is 43.0 Å². The molecule has 5 nitrogen and oxygen atoms in total. The predicted molar refractivity (Wildman–Crippen MR) is 86.7 cm³/mol. The Morgan fingerprint density at radius 3 is 3.09 bits per heavy atom. The van der Waals surface area contributed by atoms with Gasteiger partial charge < -0.3 is 14.8 Å². The molecule has 23 heavy (non-hydrogen) atoms. The normalized spacial score (nSPS) is 19.4. The third-order valence-corrected chi connectivity index (χ3v) is 4.29. The van der Waals surface area contributed by atoms with Gasteiger partial charge >= 0.3 is 0 Å². The summed E-state index contributed by atoms with van der Waals surface area (Å²) in [4.78, 5) is 18.5. The molecule has 6 heteroatoms. The molecule has 1 aromatic heterocycles. The molecule has 1 fully saturated rings. The van der Waals surface area contributed by atoms with E-state index in [1.54, 1.807) is 29.4 Å². The Bertz CT molecular complexity index is 658. The number of piperidine rings is 1. The van der Waals surface area contributed by atoms with E-state index >= 15 is 0 Å². The monoisotopic (exact) mass is 316 g/mol. The fraction of sp³-hybridized carbons (Fsp3) is 0.412. The van der Waals surface area contributed by atoms with Crippen LogP contribution in [0.3, 0.4) is 0 Å². The van der Waals surface area contributed by atoms with E-state index < -0.39 is 0 Å². The quantitative estimate of drug-likeness (QED) is 0.942. The summed E-state index contributed by atoms with van der Waals surface area (Å²) < 4.78 is 15.2. The van der Waals surface area contributed by atoms with Crippen molar-refractivity contribution < 1.29 is 9.18 Å². The summed E-state index contributed by atoms with van der Waals surface area (Å²) in [7, 11) is 0. The van der Waals surface area contributed by atoms with Gasteiger partial charge in [-0.2, -0.15) is 0 Å². The average molecular weight is 316 g/mol. The number of hydrogen-bond acceptors (Lipinski definition) is 3. The molecular weight excluding hydrogens is 295 g/mol. The van der Waals surface area contributed by atoms with E-state index in [0.717, 1.165) is 25.1 Å². The van der Waals surface area contributed by atoms with Gasteiger partial charge in [0, 0.05) is 37.2 Å². The van der Waals surface area contributed by atoms with Crippen LogP contribution in [0.5, 0.6) is 0 Å². The molecule has 2 aromatic rings. The number of nitrogens with zero attached hydrogens (tertiary/aromatic N) is 3. The summed E-state index contributed by atoms with van der Waals surface area (Å²) in [6, 6.07) is 6.39. The lowest BCUT2D eigenvalue weighted by molar-refractivity contribution is -0.124. The molecule has 1 aliphatic heterocycles. The Hall–Kier alpha value is -2.37. The molecule has 0 aliphatic carbocycles. The highest BCUT2D eigenvalue weighted by molar-refractivity contribution is 5.80. The van der Waals surface area contributed by atoms with E-state index in [0.29, 0.717) is 6.54 Å². The topological polar surface area (TPSA) is 50.2 Å². The third-order valence-electron chi connectivity index (χ3n) is 4.29. The predicted octanol–water partition coefficient (Wildman–Crippen LogP) is 2.37. The van der Waals surface area contributed by atoms with Gasteiger partial charge in [-0.15, -0.1) is 0 Å². The van der Waals surface area contributed by atoms with Gasteiger partial charge in [-0.05, 0) is 38.0 Å². The zero-order valence-electron chi connectivity index (χ0n) is 13.2. The van der Waals surface area contributed by atoms with Crippen molar-refractivity contribution in [2.24, 2.45) is 0 Å². The van der Waals surface area contributed by atoms with Crippen molar-refractivity contribution in [1.82, 2.24) is 14.9 Å². The van der Waals surface area contributed by atoms with Gasteiger partial charge in [0.25, 0.3) is 0 Å². The van der Waals surface area contributed by atoms with Crippen LogP contribution < -0.4 is 10.2 Å². The van der Waals surface area contributed by atoms with Crippen LogP contribution in [0.2, 0.25) is 0 Å². The highest BCUT2D eigenvalue weighted by atomic mass is 19.1. The number of nitrogens with one attached hydrogen (secondary N) is 1. The number of amides is 1. The molecule has 1 aromatic carbocycles. The summed E-state index contributed by atoms with van der Waals surface area (Å²) in [6.45, 7) is 3.43. The lowest BCUT2D eigenvalue weighted by Gasteiger charge is -2.35. The molecule has 2 heterocycles. The van der Waals surface area contributed by atoms with Gasteiger partial charge in [-0.25, -0.2) is 9.37 Å². The van der Waals surface area contributed by atoms with Gasteiger partial charge in [0.05, 0.1) is 6.33 Å². The number of carbonyl (C=O) groups excluding carboxylic acids is 1. The van der Waals surface area contributed by atoms with E-state index in [-0.39, 0.29) is 23.8 Å². The van der Waals surface area contributed by atoms with Gasteiger partial charge in [0.15, 0.2) is 0 Å². The fourth-order valence-electron chi connectivity index (χ4n) is 2.96. The first kappa shape index (κ1) is 15.5. The van der Waals surface area contributed by atoms with Crippen LogP contribution in [-0.4, -0.2) is 34.6 Å². The maximum absolute atomic E-state index is 13.4. The molecule has 0 radical (unpaired) electrons. The highest BCUT2D eigenvalue weighted by Crippen LogP contribution is 2.21. The molecule has 1 amide bonds. The van der Waals surface area contributed by atoms with Crippen molar-refractivity contribution in [2.75, 3.05) is 18.0 Å². The molecule has 2 atom stereocenters. The van der Waals surface area contributed by atoms with Crippen molar-refractivity contribution in [3.05, 3.63) is 48.8 Å². The number of benzene rings is 1. The van der Waals surface area contributed by atoms with Crippen molar-refractivity contribution in [3.8, 4) is 0 Å². The number of rotatable bonds is 4. The molecule has 0 unspecified atom stereocenters. The number of halogens is 1. The summed E-state index contributed by atoms with van der Waals surface area (Å²) in [6.07, 6.45) is 7.00. The molecule has 0 saturated carbocycles. The number of carbonyl (C=O) groups is 1. The first-order chi connectivity index (χ1) is 11.1. The Morgan fingerprint density at radius 2 is 2.35 bits per heavy atom. The van der Waals surface area contributed by atoms with Gasteiger partial charge in [0.1, 0.15) is 11.9 Å². The lowest BCUT2D eigenvalue weighted by Crippen LogP contribution is -2.49. The van der Waals surface area contributed by atoms with E-state index in [9.17, 15) is 9.18 Å². The molecular formula is C17H21FN4O. The Labute approximate surface area is 135 Å². The minimum Gasteiger partial charge on any atom is -0.369 e. The van der Waals surface area contributed by atoms with E-state index in [2.05, 4.69) is 15.2 Å². The van der Waals surface area contributed by atoms with Crippen LogP contribution in [0, 0.1) is 5.82 Å². The number of hydrogen-bond donors (Lipinski definition) is 1. The maximum atomic E-state index is 13.4. The Morgan fingerprint density at radius 1 is 1.48 bits per heavy atom. The second kappa shape index (κ2) is 6.81. The third kappa shape index (κ3) is 3.70. The van der Waals surface area contributed by atoms with Gasteiger partial charge in [0.2, 0.25) is 5.91 Å². The Balaban J connectivity index is 1.61. The maximum Gasteiger partial charge on any atom is 0.243 e. The first-order valence-corrected chi connectivity index (χ1v) is 7.92. The molecule has 0 bridgehead atoms. The highest BCUT2D eigenvalue weighted by Gasteiger charge is 2.24. The number of aromatic nitrogens is 2. The van der Waals surface area contributed by atoms with E-state index in [1.807, 2.05) is 13.0 Å². The second-order valence-electron chi connectivity index (χ2n) is 5.96. The van der Waals surface area contributed by atoms with Crippen LogP contribution in [0.4, 0.5) is 10.1 Å². The zero-order valence-corrected chi connectivity index (χ0v) is 13.2. The van der Waals surface area contributed by atoms with Crippen molar-refractivity contribution in [3.63, 3.8) is 0 Å². The molecule has 1 saturated heterocycles. The molecule has 1 N–H and O–H groups in total. The van der Waals surface area contributed by atoms with Crippen molar-refractivity contribution in [1.29, 1.82) is 0 Å². The number of anilines is 1. The van der Waals surface area contributed by atoms with E-state index in [4.69, 9.17) is 0 Å². The average Bonchev–Trinajstić information content (AvgIpc) is 3.09. The van der Waals surface area contributed by atoms with E-state index in [1.165, 1.54) is 12.1 Å². The first-order valence-electron chi connectivity index (χ1n) is 7.92. The van der Waals surface area contributed by atoms with Crippen LogP contribution in [-0.2, 0) is 4.79 Å². The largest absolute Gasteiger partial charge is 0.369 e. The molecule has 122 valence electrons. The standard InChI is InChI=1S/C17H21FN4O/c1-13(22-9-7-19-12-22)17(23)20-15-5-3-8-21(11-15)16-6-2-4-14(18)10-16/h2,4,6-7,9-10,12-13,15H,3,5,8,11H2,1H3,(H,20,23)/t13-,15+/m1/s1. The van der Waals surface area contributed by atoms with Crippen LogP contribution in [0.1, 0.15) is 25.8 Å². The Kier molecular flexibility index (Phi) is 4.60. The molecule has 0 spiro atoms. The summed E-state index contributed by atoms with van der Waals surface area (Å²) >= 11 is 0. The minimum atomic E-state index is -0.290. The SMILES string of the molecule is C[C@H](C(=O)N[C@H]1CCCN(c2cccc(F)c2)C1)n1ccnc1. The van der Waals surface area contributed by atoms with Crippen LogP contribution >= 0.6 is 0 Å². The molecule has 3 rings (SSSR count). The zero-order chi connectivity index (χ0) is 16.2. The number of imidazole rings is 1. The summed E-state index contributed by atoms with van der Waals surface area (Å²) in [5.41, 5.74) is 0.867. The van der Waals surface area contributed by atoms with Gasteiger partial charge in [-0.1, -0.05) is 6.07 Å². The van der Waals surface area contributed by atoms with Crippen molar-refractivity contribution in [2.45, 2.75) is 31.8 Å². The second-order valence-corrected chi connectivity index (χ2v) is 5.96. The summed E-state index contributed by atoms with van der Waals surface area (Å²) in [5, 5.41) is 3.10. The fourth-order valence-corrected chi connectivity index (χ4v) is 2.96. The van der Waals surface area contributed by atoms with Gasteiger partial charge in [-0.3, -0.25) is 4.79 Å². The minimum absolute atomic E-state index is 0.0194. The smallest absolute Gasteiger partial charge is 0.243 e. The molecule has 1 aliphatic rings. The van der Waals surface area contributed by atoms with Crippen molar-refractivity contribution >= 4 is 11.6 Å².